The number of ether oxygens (including phenoxy) is 3. The Kier molecular flexibility index (Phi) is 5.76. The summed E-state index contributed by atoms with van der Waals surface area (Å²) in [5, 5.41) is 6.69. The molecular formula is C20H27N3O5. The number of hydrogen-bond donors (Lipinski definition) is 1. The molecule has 2 aromatic rings. The molecule has 1 aliphatic rings. The van der Waals surface area contributed by atoms with Gasteiger partial charge in [0.2, 0.25) is 5.88 Å². The van der Waals surface area contributed by atoms with Crippen LogP contribution in [-0.4, -0.2) is 41.1 Å². The molecule has 28 heavy (non-hydrogen) atoms. The molecule has 3 rings (SSSR count). The van der Waals surface area contributed by atoms with Gasteiger partial charge in [-0.05, 0) is 40.5 Å². The van der Waals surface area contributed by atoms with Crippen molar-refractivity contribution in [3.05, 3.63) is 24.0 Å². The molecular weight excluding hydrogens is 362 g/mol. The van der Waals surface area contributed by atoms with Gasteiger partial charge in [0, 0.05) is 30.3 Å². The van der Waals surface area contributed by atoms with Crippen LogP contribution in [0, 0.1) is 6.92 Å². The molecule has 0 saturated heterocycles. The number of nitrogens with one attached hydrogen (secondary N) is 1. The molecule has 1 N–H and O–H groups in total. The highest BCUT2D eigenvalue weighted by Gasteiger charge is 2.30. The van der Waals surface area contributed by atoms with Crippen LogP contribution in [0.5, 0.6) is 11.6 Å². The van der Waals surface area contributed by atoms with Crippen molar-refractivity contribution in [3.8, 4) is 23.0 Å². The lowest BCUT2D eigenvalue weighted by molar-refractivity contribution is 0.0503. The average molecular weight is 389 g/mol. The van der Waals surface area contributed by atoms with Crippen molar-refractivity contribution in [1.29, 1.82) is 0 Å². The molecule has 152 valence electrons. The topological polar surface area (TPSA) is 95.7 Å². The summed E-state index contributed by atoms with van der Waals surface area (Å²) in [6.07, 6.45) is 3.45. The summed E-state index contributed by atoms with van der Waals surface area (Å²) in [6.45, 7) is 7.41. The predicted molar refractivity (Wildman–Crippen MR) is 102 cm³/mol. The Morgan fingerprint density at radius 3 is 2.75 bits per heavy atom. The predicted octanol–water partition coefficient (Wildman–Crippen LogP) is 3.88. The fourth-order valence-electron chi connectivity index (χ4n) is 3.26. The van der Waals surface area contributed by atoms with Gasteiger partial charge >= 0.3 is 6.09 Å². The first kappa shape index (κ1) is 20.0. The highest BCUT2D eigenvalue weighted by Crippen LogP contribution is 2.39. The second kappa shape index (κ2) is 8.08. The van der Waals surface area contributed by atoms with E-state index < -0.39 is 11.7 Å². The molecule has 0 spiro atoms. The molecule has 1 amide bonds. The van der Waals surface area contributed by atoms with Crippen molar-refractivity contribution in [2.45, 2.75) is 64.7 Å². The van der Waals surface area contributed by atoms with Gasteiger partial charge in [-0.15, -0.1) is 0 Å². The molecule has 2 atom stereocenters. The summed E-state index contributed by atoms with van der Waals surface area (Å²) in [4.78, 5) is 16.4. The Labute approximate surface area is 164 Å². The summed E-state index contributed by atoms with van der Waals surface area (Å²) >= 11 is 0. The quantitative estimate of drug-likeness (QED) is 0.829. The number of aromatic nitrogens is 2. The van der Waals surface area contributed by atoms with Crippen LogP contribution in [0.15, 0.2) is 22.9 Å². The first-order valence-corrected chi connectivity index (χ1v) is 9.38. The molecule has 8 nitrogen and oxygen atoms in total. The summed E-state index contributed by atoms with van der Waals surface area (Å²) in [5.41, 5.74) is 0.890. The van der Waals surface area contributed by atoms with E-state index in [-0.39, 0.29) is 12.1 Å². The van der Waals surface area contributed by atoms with Gasteiger partial charge < -0.3 is 24.1 Å². The summed E-state index contributed by atoms with van der Waals surface area (Å²) < 4.78 is 22.3. The van der Waals surface area contributed by atoms with E-state index in [4.69, 9.17) is 18.7 Å². The van der Waals surface area contributed by atoms with Gasteiger partial charge in [-0.1, -0.05) is 5.16 Å². The third kappa shape index (κ3) is 4.94. The molecule has 0 unspecified atom stereocenters. The Balaban J connectivity index is 1.71. The van der Waals surface area contributed by atoms with Crippen molar-refractivity contribution in [2.24, 2.45) is 0 Å². The van der Waals surface area contributed by atoms with Crippen molar-refractivity contribution < 1.29 is 23.5 Å². The highest BCUT2D eigenvalue weighted by atomic mass is 16.6. The number of rotatable bonds is 5. The van der Waals surface area contributed by atoms with E-state index in [0.29, 0.717) is 29.4 Å². The highest BCUT2D eigenvalue weighted by molar-refractivity contribution is 5.71. The van der Waals surface area contributed by atoms with Crippen LogP contribution in [-0.2, 0) is 4.74 Å². The molecule has 0 bridgehead atoms. The molecule has 1 saturated carbocycles. The van der Waals surface area contributed by atoms with Crippen LogP contribution >= 0.6 is 0 Å². The molecule has 0 aromatic carbocycles. The number of hydrogen-bond acceptors (Lipinski definition) is 7. The molecule has 2 heterocycles. The van der Waals surface area contributed by atoms with Gasteiger partial charge in [-0.25, -0.2) is 9.78 Å². The molecule has 1 aliphatic carbocycles. The van der Waals surface area contributed by atoms with E-state index in [9.17, 15) is 4.79 Å². The van der Waals surface area contributed by atoms with Crippen LogP contribution in [0.3, 0.4) is 0 Å². The second-order valence-electron chi connectivity index (χ2n) is 7.92. The Morgan fingerprint density at radius 2 is 2.11 bits per heavy atom. The minimum atomic E-state index is -0.518. The van der Waals surface area contributed by atoms with Crippen LogP contribution in [0.25, 0.3) is 11.3 Å². The monoisotopic (exact) mass is 389 g/mol. The van der Waals surface area contributed by atoms with Gasteiger partial charge in [0.1, 0.15) is 23.0 Å². The molecule has 2 aromatic heterocycles. The summed E-state index contributed by atoms with van der Waals surface area (Å²) in [6, 6.07) is 3.61. The zero-order valence-electron chi connectivity index (χ0n) is 16.9. The number of pyridine rings is 1. The number of methoxy groups -OCH3 is 1. The van der Waals surface area contributed by atoms with Crippen molar-refractivity contribution in [1.82, 2.24) is 15.5 Å². The maximum absolute atomic E-state index is 12.0. The fourth-order valence-corrected chi connectivity index (χ4v) is 3.26. The lowest BCUT2D eigenvalue weighted by Gasteiger charge is -2.22. The first-order valence-electron chi connectivity index (χ1n) is 9.38. The summed E-state index contributed by atoms with van der Waals surface area (Å²) in [7, 11) is 1.56. The molecule has 0 aliphatic heterocycles. The van der Waals surface area contributed by atoms with E-state index >= 15 is 0 Å². The molecule has 0 radical (unpaired) electrons. The molecule has 8 heteroatoms. The number of carbonyl (C=O) groups is 1. The van der Waals surface area contributed by atoms with Crippen molar-refractivity contribution in [3.63, 3.8) is 0 Å². The van der Waals surface area contributed by atoms with E-state index in [1.807, 2.05) is 33.8 Å². The smallest absolute Gasteiger partial charge is 0.407 e. The van der Waals surface area contributed by atoms with Gasteiger partial charge in [0.15, 0.2) is 5.76 Å². The number of alkyl carbamates (subject to hydrolysis) is 1. The Bertz CT molecular complexity index is 814. The normalized spacial score (nSPS) is 19.3. The minimum absolute atomic E-state index is 0.0124. The fraction of sp³-hybridized carbons (Fsp3) is 0.550. The maximum Gasteiger partial charge on any atom is 0.407 e. The van der Waals surface area contributed by atoms with Gasteiger partial charge in [-0.2, -0.15) is 0 Å². The van der Waals surface area contributed by atoms with Crippen LogP contribution < -0.4 is 14.8 Å². The number of aryl methyl sites for hydroxylation is 1. The zero-order chi connectivity index (χ0) is 20.3. The van der Waals surface area contributed by atoms with Crippen molar-refractivity contribution in [2.75, 3.05) is 7.11 Å². The van der Waals surface area contributed by atoms with E-state index in [2.05, 4.69) is 15.5 Å². The third-order valence-electron chi connectivity index (χ3n) is 4.35. The average Bonchev–Trinajstić information content (AvgIpc) is 3.24. The van der Waals surface area contributed by atoms with Crippen LogP contribution in [0.1, 0.15) is 45.7 Å². The number of nitrogens with zero attached hydrogens (tertiary/aromatic N) is 2. The molecule has 1 fully saturated rings. The van der Waals surface area contributed by atoms with Crippen molar-refractivity contribution >= 4 is 6.09 Å². The zero-order valence-corrected chi connectivity index (χ0v) is 16.9. The second-order valence-corrected chi connectivity index (χ2v) is 7.92. The van der Waals surface area contributed by atoms with Gasteiger partial charge in [-0.3, -0.25) is 0 Å². The van der Waals surface area contributed by atoms with Crippen LogP contribution in [0.2, 0.25) is 0 Å². The first-order chi connectivity index (χ1) is 13.2. The van der Waals surface area contributed by atoms with E-state index in [0.717, 1.165) is 18.5 Å². The Morgan fingerprint density at radius 1 is 1.32 bits per heavy atom. The summed E-state index contributed by atoms with van der Waals surface area (Å²) in [5.74, 6) is 1.58. The number of amides is 1. The van der Waals surface area contributed by atoms with E-state index in [1.165, 1.54) is 0 Å². The Hall–Kier alpha value is -2.77. The maximum atomic E-state index is 12.0. The van der Waals surface area contributed by atoms with Crippen LogP contribution in [0.4, 0.5) is 4.79 Å². The van der Waals surface area contributed by atoms with E-state index in [1.54, 1.807) is 19.4 Å². The van der Waals surface area contributed by atoms with Gasteiger partial charge in [0.05, 0.1) is 13.3 Å². The lowest BCUT2D eigenvalue weighted by atomic mass is 10.1. The minimum Gasteiger partial charge on any atom is -0.489 e. The SMILES string of the molecule is COc1nc(C)cc(O[C@@H]2CC[C@H](NC(=O)OC(C)(C)C)C2)c1-c1ccno1. The van der Waals surface area contributed by atoms with Gasteiger partial charge in [0.25, 0.3) is 0 Å². The third-order valence-corrected chi connectivity index (χ3v) is 4.35. The number of carbonyl (C=O) groups excluding carboxylic acids is 1. The largest absolute Gasteiger partial charge is 0.489 e. The lowest BCUT2D eigenvalue weighted by Crippen LogP contribution is -2.38. The standard InChI is InChI=1S/C20H27N3O5/c1-12-10-16(17(18(22-12)25-5)15-8-9-21-28-15)26-14-7-6-13(11-14)23-19(24)27-20(2,3)4/h8-10,13-14H,6-7,11H2,1-5H3,(H,23,24)/t13-,14+/m0/s1.